The van der Waals surface area contributed by atoms with E-state index >= 15 is 0 Å². The van der Waals surface area contributed by atoms with Crippen molar-refractivity contribution >= 4 is 0 Å². The van der Waals surface area contributed by atoms with Crippen molar-refractivity contribution in [2.24, 2.45) is 5.92 Å². The standard InChI is InChI=1S/C23H28O5/c1-16-20-19(15-25-16)28-23(24-2)22(27-14-18-11-7-4-8-12-18)21(20)26-13-17-9-5-3-6-10-17/h3-12,16,19-23H,13-15H2,1-2H3/t16-,19+,20+,21-,22+,23-/m0/s1. The van der Waals surface area contributed by atoms with Gasteiger partial charge in [0.25, 0.3) is 0 Å². The Bertz CT molecular complexity index is 722. The fourth-order valence-corrected chi connectivity index (χ4v) is 4.11. The average molecular weight is 384 g/mol. The van der Waals surface area contributed by atoms with Gasteiger partial charge in [-0.1, -0.05) is 60.7 Å². The first-order valence-corrected chi connectivity index (χ1v) is 9.87. The maximum Gasteiger partial charge on any atom is 0.186 e. The molecule has 2 aliphatic rings. The molecule has 2 fully saturated rings. The van der Waals surface area contributed by atoms with Gasteiger partial charge in [-0.2, -0.15) is 0 Å². The van der Waals surface area contributed by atoms with E-state index in [1.165, 1.54) is 0 Å². The van der Waals surface area contributed by atoms with E-state index in [-0.39, 0.29) is 30.3 Å². The van der Waals surface area contributed by atoms with E-state index in [1.54, 1.807) is 7.11 Å². The lowest BCUT2D eigenvalue weighted by atomic mass is 9.87. The van der Waals surface area contributed by atoms with Crippen LogP contribution < -0.4 is 0 Å². The second-order valence-electron chi connectivity index (χ2n) is 7.42. The van der Waals surface area contributed by atoms with Crippen molar-refractivity contribution in [2.45, 2.75) is 50.8 Å². The van der Waals surface area contributed by atoms with Crippen molar-refractivity contribution < 1.29 is 23.7 Å². The number of hydrogen-bond donors (Lipinski definition) is 0. The normalized spacial score (nSPS) is 32.2. The molecule has 0 aromatic heterocycles. The highest BCUT2D eigenvalue weighted by Crippen LogP contribution is 2.38. The largest absolute Gasteiger partial charge is 0.375 e. The maximum atomic E-state index is 6.42. The predicted molar refractivity (Wildman–Crippen MR) is 105 cm³/mol. The Balaban J connectivity index is 1.53. The monoisotopic (exact) mass is 384 g/mol. The van der Waals surface area contributed by atoms with Gasteiger partial charge in [0.05, 0.1) is 38.1 Å². The minimum atomic E-state index is -0.486. The van der Waals surface area contributed by atoms with Crippen LogP contribution in [0.2, 0.25) is 0 Å². The van der Waals surface area contributed by atoms with Gasteiger partial charge < -0.3 is 23.7 Å². The van der Waals surface area contributed by atoms with Gasteiger partial charge in [0.1, 0.15) is 6.10 Å². The molecule has 2 saturated heterocycles. The topological polar surface area (TPSA) is 46.2 Å². The summed E-state index contributed by atoms with van der Waals surface area (Å²) in [6, 6.07) is 20.3. The SMILES string of the molecule is CO[C@H]1O[C@@H]2CO[C@@H](C)[C@H]2[C@H](OCc2ccccc2)[C@H]1OCc1ccccc1. The summed E-state index contributed by atoms with van der Waals surface area (Å²) in [5, 5.41) is 0. The fraction of sp³-hybridized carbons (Fsp3) is 0.478. The lowest BCUT2D eigenvalue weighted by molar-refractivity contribution is -0.293. The lowest BCUT2D eigenvalue weighted by Gasteiger charge is -2.43. The van der Waals surface area contributed by atoms with Gasteiger partial charge in [-0.15, -0.1) is 0 Å². The van der Waals surface area contributed by atoms with Gasteiger partial charge in [0, 0.05) is 13.0 Å². The Hall–Kier alpha value is -1.76. The zero-order valence-electron chi connectivity index (χ0n) is 16.4. The molecule has 4 rings (SSSR count). The third-order valence-corrected chi connectivity index (χ3v) is 5.58. The number of fused-ring (bicyclic) bond motifs is 1. The molecular weight excluding hydrogens is 356 g/mol. The molecule has 2 aromatic rings. The number of hydrogen-bond acceptors (Lipinski definition) is 5. The fourth-order valence-electron chi connectivity index (χ4n) is 4.11. The highest BCUT2D eigenvalue weighted by Gasteiger charge is 2.53. The molecule has 2 heterocycles. The lowest BCUT2D eigenvalue weighted by Crippen LogP contribution is -2.57. The molecule has 0 spiro atoms. The minimum absolute atomic E-state index is 0.0442. The Labute approximate surface area is 166 Å². The quantitative estimate of drug-likeness (QED) is 0.730. The molecule has 150 valence electrons. The van der Waals surface area contributed by atoms with Crippen molar-refractivity contribution in [1.82, 2.24) is 0 Å². The Morgan fingerprint density at radius 2 is 1.43 bits per heavy atom. The molecule has 5 heteroatoms. The number of ether oxygens (including phenoxy) is 5. The number of benzene rings is 2. The summed E-state index contributed by atoms with van der Waals surface area (Å²) >= 11 is 0. The molecule has 0 unspecified atom stereocenters. The molecule has 5 nitrogen and oxygen atoms in total. The first-order valence-electron chi connectivity index (χ1n) is 9.87. The van der Waals surface area contributed by atoms with E-state index in [1.807, 2.05) is 36.4 Å². The predicted octanol–water partition coefficient (Wildman–Crippen LogP) is 3.56. The Kier molecular flexibility index (Phi) is 6.40. The summed E-state index contributed by atoms with van der Waals surface area (Å²) in [4.78, 5) is 0. The Morgan fingerprint density at radius 1 is 0.857 bits per heavy atom. The van der Waals surface area contributed by atoms with Gasteiger partial charge in [0.15, 0.2) is 6.29 Å². The summed E-state index contributed by atoms with van der Waals surface area (Å²) < 4.78 is 30.4. The van der Waals surface area contributed by atoms with Crippen LogP contribution in [0.3, 0.4) is 0 Å². The smallest absolute Gasteiger partial charge is 0.186 e. The van der Waals surface area contributed by atoms with Crippen molar-refractivity contribution in [3.63, 3.8) is 0 Å². The van der Waals surface area contributed by atoms with E-state index < -0.39 is 6.29 Å². The second-order valence-corrected chi connectivity index (χ2v) is 7.42. The third-order valence-electron chi connectivity index (χ3n) is 5.58. The molecule has 6 atom stereocenters. The van der Waals surface area contributed by atoms with Crippen LogP contribution in [0.5, 0.6) is 0 Å². The number of rotatable bonds is 7. The van der Waals surface area contributed by atoms with Crippen LogP contribution in [0.15, 0.2) is 60.7 Å². The first-order chi connectivity index (χ1) is 13.8. The molecule has 0 bridgehead atoms. The zero-order valence-corrected chi connectivity index (χ0v) is 16.4. The molecule has 0 N–H and O–H groups in total. The van der Waals surface area contributed by atoms with Gasteiger partial charge in [-0.25, -0.2) is 0 Å². The first kappa shape index (κ1) is 19.6. The summed E-state index contributed by atoms with van der Waals surface area (Å²) in [6.45, 7) is 3.63. The highest BCUT2D eigenvalue weighted by molar-refractivity contribution is 5.14. The molecule has 0 aliphatic carbocycles. The summed E-state index contributed by atoms with van der Waals surface area (Å²) in [6.07, 6.45) is -0.993. The zero-order chi connectivity index (χ0) is 19.3. The van der Waals surface area contributed by atoms with Crippen LogP contribution in [0.1, 0.15) is 18.1 Å². The van der Waals surface area contributed by atoms with E-state index in [0.29, 0.717) is 19.8 Å². The molecule has 0 saturated carbocycles. The molecular formula is C23H28O5. The minimum Gasteiger partial charge on any atom is -0.375 e. The maximum absolute atomic E-state index is 6.42. The van der Waals surface area contributed by atoms with E-state index in [0.717, 1.165) is 11.1 Å². The van der Waals surface area contributed by atoms with Gasteiger partial charge in [-0.3, -0.25) is 0 Å². The summed E-state index contributed by atoms with van der Waals surface area (Å²) in [5.74, 6) is 0.107. The second kappa shape index (κ2) is 9.16. The van der Waals surface area contributed by atoms with Crippen LogP contribution in [-0.2, 0) is 36.9 Å². The van der Waals surface area contributed by atoms with Gasteiger partial charge in [0.2, 0.25) is 0 Å². The van der Waals surface area contributed by atoms with Crippen LogP contribution in [0.4, 0.5) is 0 Å². The van der Waals surface area contributed by atoms with Crippen LogP contribution in [-0.4, -0.2) is 44.4 Å². The molecule has 0 radical (unpaired) electrons. The van der Waals surface area contributed by atoms with E-state index in [9.17, 15) is 0 Å². The Morgan fingerprint density at radius 3 is 2.00 bits per heavy atom. The molecule has 28 heavy (non-hydrogen) atoms. The van der Waals surface area contributed by atoms with Crippen molar-refractivity contribution in [3.8, 4) is 0 Å². The molecule has 2 aromatic carbocycles. The van der Waals surface area contributed by atoms with E-state index in [2.05, 4.69) is 31.2 Å². The number of methoxy groups -OCH3 is 1. The van der Waals surface area contributed by atoms with Crippen LogP contribution in [0, 0.1) is 5.92 Å². The van der Waals surface area contributed by atoms with E-state index in [4.69, 9.17) is 23.7 Å². The summed E-state index contributed by atoms with van der Waals surface area (Å²) in [7, 11) is 1.65. The van der Waals surface area contributed by atoms with Gasteiger partial charge >= 0.3 is 0 Å². The van der Waals surface area contributed by atoms with Crippen LogP contribution >= 0.6 is 0 Å². The average Bonchev–Trinajstić information content (AvgIpc) is 3.12. The third kappa shape index (κ3) is 4.29. The van der Waals surface area contributed by atoms with Crippen molar-refractivity contribution in [1.29, 1.82) is 0 Å². The molecule has 2 aliphatic heterocycles. The highest BCUT2D eigenvalue weighted by atomic mass is 16.7. The summed E-state index contributed by atoms with van der Waals surface area (Å²) in [5.41, 5.74) is 2.24. The molecule has 0 amide bonds. The van der Waals surface area contributed by atoms with Gasteiger partial charge in [-0.05, 0) is 18.1 Å². The van der Waals surface area contributed by atoms with Crippen molar-refractivity contribution in [2.75, 3.05) is 13.7 Å². The van der Waals surface area contributed by atoms with Crippen molar-refractivity contribution in [3.05, 3.63) is 71.8 Å². The van der Waals surface area contributed by atoms with Crippen LogP contribution in [0.25, 0.3) is 0 Å².